The largest absolute Gasteiger partial charge is 0.325 e. The minimum absolute atomic E-state index is 0. The first-order valence-corrected chi connectivity index (χ1v) is 7.24. The Bertz CT molecular complexity index is 682. The molecule has 0 spiro atoms. The zero-order valence-electron chi connectivity index (χ0n) is 13.8. The van der Waals surface area contributed by atoms with Crippen molar-refractivity contribution in [2.75, 3.05) is 5.32 Å². The first-order valence-electron chi connectivity index (χ1n) is 7.24. The molecule has 1 aromatic carbocycles. The van der Waals surface area contributed by atoms with E-state index < -0.39 is 6.04 Å². The number of aromatic nitrogens is 2. The molecular weight excluding hydrogens is 312 g/mol. The van der Waals surface area contributed by atoms with E-state index in [-0.39, 0.29) is 23.7 Å². The van der Waals surface area contributed by atoms with Gasteiger partial charge in [0.15, 0.2) is 0 Å². The van der Waals surface area contributed by atoms with Gasteiger partial charge in [0, 0.05) is 17.4 Å². The van der Waals surface area contributed by atoms with E-state index >= 15 is 0 Å². The Morgan fingerprint density at radius 1 is 1.26 bits per heavy atom. The molecule has 2 rings (SSSR count). The Labute approximate surface area is 143 Å². The van der Waals surface area contributed by atoms with Gasteiger partial charge in [-0.15, -0.1) is 12.4 Å². The third-order valence-electron chi connectivity index (χ3n) is 3.42. The number of halogens is 1. The van der Waals surface area contributed by atoms with Gasteiger partial charge in [0.05, 0.1) is 11.7 Å². The van der Waals surface area contributed by atoms with Crippen molar-refractivity contribution >= 4 is 24.0 Å². The molecule has 1 aromatic heterocycles. The number of rotatable bonds is 3. The van der Waals surface area contributed by atoms with Gasteiger partial charge in [-0.05, 0) is 30.5 Å². The van der Waals surface area contributed by atoms with Gasteiger partial charge >= 0.3 is 0 Å². The summed E-state index contributed by atoms with van der Waals surface area (Å²) in [7, 11) is 0. The SMILES string of the molecule is Cc1nccc(-c2cccc(NC(=O)[C@@H](N)C(C)(C)C)c2)n1.Cl. The fourth-order valence-electron chi connectivity index (χ4n) is 1.99. The third kappa shape index (κ3) is 5.01. The van der Waals surface area contributed by atoms with Crippen LogP contribution in [0.4, 0.5) is 5.69 Å². The number of nitrogens with two attached hydrogens (primary N) is 1. The molecule has 5 nitrogen and oxygen atoms in total. The van der Waals surface area contributed by atoms with Crippen LogP contribution in [0.15, 0.2) is 36.5 Å². The number of anilines is 1. The summed E-state index contributed by atoms with van der Waals surface area (Å²) in [4.78, 5) is 20.7. The quantitative estimate of drug-likeness (QED) is 0.903. The van der Waals surface area contributed by atoms with Crippen molar-refractivity contribution < 1.29 is 4.79 Å². The topological polar surface area (TPSA) is 80.9 Å². The molecule has 0 aliphatic rings. The van der Waals surface area contributed by atoms with Gasteiger partial charge in [-0.1, -0.05) is 32.9 Å². The zero-order valence-corrected chi connectivity index (χ0v) is 14.6. The highest BCUT2D eigenvalue weighted by atomic mass is 35.5. The second kappa shape index (κ2) is 7.53. The Hall–Kier alpha value is -1.98. The van der Waals surface area contributed by atoms with Crippen molar-refractivity contribution in [2.45, 2.75) is 33.7 Å². The van der Waals surface area contributed by atoms with E-state index in [2.05, 4.69) is 15.3 Å². The summed E-state index contributed by atoms with van der Waals surface area (Å²) in [5.41, 5.74) is 8.15. The number of benzene rings is 1. The lowest BCUT2D eigenvalue weighted by molar-refractivity contribution is -0.119. The van der Waals surface area contributed by atoms with E-state index in [9.17, 15) is 4.79 Å². The molecule has 124 valence electrons. The average molecular weight is 335 g/mol. The van der Waals surface area contributed by atoms with E-state index in [0.717, 1.165) is 11.3 Å². The van der Waals surface area contributed by atoms with Crippen LogP contribution in [-0.4, -0.2) is 21.9 Å². The van der Waals surface area contributed by atoms with Gasteiger partial charge in [-0.3, -0.25) is 4.79 Å². The predicted octanol–water partition coefficient (Wildman–Crippen LogP) is 3.19. The lowest BCUT2D eigenvalue weighted by Gasteiger charge is -2.25. The number of carbonyl (C=O) groups is 1. The monoisotopic (exact) mass is 334 g/mol. The van der Waals surface area contributed by atoms with Crippen LogP contribution in [0.1, 0.15) is 26.6 Å². The standard InChI is InChI=1S/C17H22N4O.ClH/c1-11-19-9-8-14(20-11)12-6-5-7-13(10-12)21-16(22)15(18)17(2,3)4;/h5-10,15H,18H2,1-4H3,(H,21,22);1H/t15-;/m1./s1. The molecular formula is C17H23ClN4O. The molecule has 0 fully saturated rings. The Morgan fingerprint density at radius 2 is 1.96 bits per heavy atom. The lowest BCUT2D eigenvalue weighted by Crippen LogP contribution is -2.45. The molecule has 0 saturated carbocycles. The van der Waals surface area contributed by atoms with Crippen LogP contribution in [0.25, 0.3) is 11.3 Å². The number of hydrogen-bond donors (Lipinski definition) is 2. The van der Waals surface area contributed by atoms with Crippen molar-refractivity contribution in [1.29, 1.82) is 0 Å². The minimum Gasteiger partial charge on any atom is -0.325 e. The molecule has 23 heavy (non-hydrogen) atoms. The molecule has 1 amide bonds. The summed E-state index contributed by atoms with van der Waals surface area (Å²) in [6.45, 7) is 7.67. The summed E-state index contributed by atoms with van der Waals surface area (Å²) in [6, 6.07) is 8.82. The number of nitrogens with one attached hydrogen (secondary N) is 1. The van der Waals surface area contributed by atoms with Crippen molar-refractivity contribution in [3.8, 4) is 11.3 Å². The van der Waals surface area contributed by atoms with Gasteiger partial charge in [-0.2, -0.15) is 0 Å². The van der Waals surface area contributed by atoms with Gasteiger partial charge < -0.3 is 11.1 Å². The maximum atomic E-state index is 12.2. The van der Waals surface area contributed by atoms with Crippen LogP contribution in [-0.2, 0) is 4.79 Å². The highest BCUT2D eigenvalue weighted by Gasteiger charge is 2.27. The summed E-state index contributed by atoms with van der Waals surface area (Å²) >= 11 is 0. The highest BCUT2D eigenvalue weighted by molar-refractivity contribution is 5.95. The molecule has 3 N–H and O–H groups in total. The number of carbonyl (C=O) groups excluding carboxylic acids is 1. The maximum Gasteiger partial charge on any atom is 0.241 e. The normalized spacial score (nSPS) is 12.2. The van der Waals surface area contributed by atoms with Crippen LogP contribution >= 0.6 is 12.4 Å². The molecule has 6 heteroatoms. The maximum absolute atomic E-state index is 12.2. The van der Waals surface area contributed by atoms with Gasteiger partial charge in [0.2, 0.25) is 5.91 Å². The summed E-state index contributed by atoms with van der Waals surface area (Å²) < 4.78 is 0. The molecule has 0 unspecified atom stereocenters. The highest BCUT2D eigenvalue weighted by Crippen LogP contribution is 2.22. The van der Waals surface area contributed by atoms with Crippen molar-refractivity contribution in [2.24, 2.45) is 11.1 Å². The van der Waals surface area contributed by atoms with Crippen LogP contribution in [0.5, 0.6) is 0 Å². The van der Waals surface area contributed by atoms with E-state index in [0.29, 0.717) is 11.5 Å². The van der Waals surface area contributed by atoms with Crippen LogP contribution in [0.2, 0.25) is 0 Å². The summed E-state index contributed by atoms with van der Waals surface area (Å²) in [6.07, 6.45) is 1.72. The molecule has 0 bridgehead atoms. The number of nitrogens with zero attached hydrogens (tertiary/aromatic N) is 2. The number of hydrogen-bond acceptors (Lipinski definition) is 4. The van der Waals surface area contributed by atoms with Gasteiger partial charge in [-0.25, -0.2) is 9.97 Å². The smallest absolute Gasteiger partial charge is 0.241 e. The van der Waals surface area contributed by atoms with Gasteiger partial charge in [0.25, 0.3) is 0 Å². The summed E-state index contributed by atoms with van der Waals surface area (Å²) in [5.74, 6) is 0.519. The molecule has 2 aromatic rings. The molecule has 0 radical (unpaired) electrons. The first kappa shape index (κ1) is 19.1. The fourth-order valence-corrected chi connectivity index (χ4v) is 1.99. The van der Waals surface area contributed by atoms with E-state index in [1.807, 2.05) is 58.0 Å². The van der Waals surface area contributed by atoms with E-state index in [1.165, 1.54) is 0 Å². The second-order valence-corrected chi connectivity index (χ2v) is 6.40. The second-order valence-electron chi connectivity index (χ2n) is 6.40. The van der Waals surface area contributed by atoms with Crippen molar-refractivity contribution in [3.05, 3.63) is 42.4 Å². The lowest BCUT2D eigenvalue weighted by atomic mass is 9.87. The van der Waals surface area contributed by atoms with E-state index in [4.69, 9.17) is 5.73 Å². The molecule has 0 saturated heterocycles. The number of amides is 1. The summed E-state index contributed by atoms with van der Waals surface area (Å²) in [5, 5.41) is 2.87. The fraction of sp³-hybridized carbons (Fsp3) is 0.353. The minimum atomic E-state index is -0.572. The molecule has 0 aliphatic carbocycles. The van der Waals surface area contributed by atoms with Crippen LogP contribution in [0, 0.1) is 12.3 Å². The average Bonchev–Trinajstić information content (AvgIpc) is 2.45. The van der Waals surface area contributed by atoms with Crippen molar-refractivity contribution in [3.63, 3.8) is 0 Å². The van der Waals surface area contributed by atoms with Crippen molar-refractivity contribution in [1.82, 2.24) is 9.97 Å². The Balaban J connectivity index is 0.00000264. The van der Waals surface area contributed by atoms with E-state index in [1.54, 1.807) is 6.20 Å². The first-order chi connectivity index (χ1) is 10.3. The zero-order chi connectivity index (χ0) is 16.3. The molecule has 1 heterocycles. The Morgan fingerprint density at radius 3 is 2.57 bits per heavy atom. The van der Waals surface area contributed by atoms with Crippen LogP contribution in [0.3, 0.4) is 0 Å². The predicted molar refractivity (Wildman–Crippen MR) is 95.5 cm³/mol. The number of aryl methyl sites for hydroxylation is 1. The Kier molecular flexibility index (Phi) is 6.24. The van der Waals surface area contributed by atoms with Gasteiger partial charge in [0.1, 0.15) is 5.82 Å². The molecule has 0 aliphatic heterocycles. The molecule has 1 atom stereocenters. The third-order valence-corrected chi connectivity index (χ3v) is 3.42. The van der Waals surface area contributed by atoms with Crippen LogP contribution < -0.4 is 11.1 Å².